The Hall–Kier alpha value is -11.9. The Bertz CT molecular complexity index is 3320. The number of carboxylic acid groups (broad SMARTS) is 4. The summed E-state index contributed by atoms with van der Waals surface area (Å²) in [7, 11) is 0. The highest BCUT2D eigenvalue weighted by Crippen LogP contribution is 2.18. The van der Waals surface area contributed by atoms with Gasteiger partial charge in [-0.25, -0.2) is 24.0 Å². The molecule has 0 bridgehead atoms. The first-order chi connectivity index (χ1) is 50.2. The van der Waals surface area contributed by atoms with Crippen LogP contribution in [0.3, 0.4) is 0 Å². The number of amides is 10. The molecule has 0 fully saturated rings. The minimum Gasteiger partial charge on any atom is -0.508 e. The van der Waals surface area contributed by atoms with Gasteiger partial charge in [0.1, 0.15) is 47.8 Å². The molecule has 0 radical (unpaired) electrons. The summed E-state index contributed by atoms with van der Waals surface area (Å²) in [4.78, 5) is 171. The molecule has 2 aromatic carbocycles. The molecule has 0 saturated heterocycles. The van der Waals surface area contributed by atoms with Gasteiger partial charge in [0, 0.05) is 45.6 Å². The summed E-state index contributed by atoms with van der Waals surface area (Å²) in [6.45, 7) is 3.91. The molecular weight excluding hydrogens is 1510 g/mol. The van der Waals surface area contributed by atoms with Crippen LogP contribution in [-0.4, -0.2) is 225 Å². The predicted octanol–water partition coefficient (Wildman–Crippen LogP) is -2.01. The zero-order valence-electron chi connectivity index (χ0n) is 57.7. The summed E-state index contributed by atoms with van der Waals surface area (Å²) in [5.74, 6) is -18.7. The average molecular weight is 1590 g/mol. The van der Waals surface area contributed by atoms with E-state index >= 15 is 0 Å². The van der Waals surface area contributed by atoms with Gasteiger partial charge in [0.2, 0.25) is 47.3 Å². The Balaban J connectivity index is 0. The highest BCUT2D eigenvalue weighted by molar-refractivity contribution is 5.98. The molecule has 2 aromatic rings. The van der Waals surface area contributed by atoms with Crippen LogP contribution in [0.15, 0.2) is 63.5 Å². The van der Waals surface area contributed by atoms with Crippen molar-refractivity contribution >= 4 is 95.0 Å². The molecule has 7 atom stereocenters. The molecule has 0 unspecified atom stereocenters. The number of nitrogens with one attached hydrogen (secondary N) is 9. The van der Waals surface area contributed by atoms with Crippen molar-refractivity contribution < 1.29 is 146 Å². The fourth-order valence-corrected chi connectivity index (χ4v) is 8.08. The lowest BCUT2D eigenvalue weighted by Crippen LogP contribution is -2.60. The standard InChI is InChI=1S/C51H81N19O11.4C2HF3O2/c1-28(2)24-38(46(79)65-35(9-6-22-61-49(56)57)44(77)67-37(41(53)74)25-29-11-15-31(71)16-12-29)68-45(78)36-10-7-23-62-50(58)70-51(81)63-20-4-3-19-59-42(75)33(52)27-40(73)64-34(8-5-21-60-48(54)55)43(76)69-39(47(80)66-36)26-30-13-17-32(72)18-14-30;4*3-2(4,5)1(6)7/h11-18,28,33-39,71-72H,3-10,19-27,52H2,1-2H3,(H2,53,74)(H,59,75)(H,64,73)(H,65,79)(H,66,80)(H,67,77)(H,68,78)(H,69,76)(H4,54,55,60)(H4,56,57,61)(H4,58,62,63,70,81);4*(H,6,7)/t33-,34+,35+,36+,37+,38+,39+;;;;/m1..../s1. The number of rotatable bonds is 21. The second kappa shape index (κ2) is 49.0. The minimum atomic E-state index is -5.08. The third kappa shape index (κ3) is 47.3. The van der Waals surface area contributed by atoms with Crippen molar-refractivity contribution in [2.24, 2.45) is 61.0 Å². The summed E-state index contributed by atoms with van der Waals surface area (Å²) in [5, 5.41) is 71.9. The van der Waals surface area contributed by atoms with E-state index in [9.17, 15) is 106 Å². The molecule has 3 rings (SSSR count). The van der Waals surface area contributed by atoms with Gasteiger partial charge in [-0.15, -0.1) is 0 Å². The van der Waals surface area contributed by atoms with Crippen LogP contribution in [0.1, 0.15) is 89.2 Å². The number of aliphatic carboxylic acids is 4. The number of nitrogens with zero attached hydrogens (tertiary/aromatic N) is 3. The van der Waals surface area contributed by atoms with Gasteiger partial charge in [-0.2, -0.15) is 52.7 Å². The highest BCUT2D eigenvalue weighted by atomic mass is 19.4. The zero-order chi connectivity index (χ0) is 84.3. The first-order valence-corrected chi connectivity index (χ1v) is 31.5. The number of urea groups is 1. The molecule has 38 nitrogen and oxygen atoms in total. The second-order valence-electron chi connectivity index (χ2n) is 22.9. The van der Waals surface area contributed by atoms with Gasteiger partial charge >= 0.3 is 54.6 Å². The summed E-state index contributed by atoms with van der Waals surface area (Å²) in [6.07, 6.45) is -20.2. The Kier molecular flexibility index (Phi) is 44.6. The molecule has 10 amide bonds. The first kappa shape index (κ1) is 99.1. The number of aromatic hydroxyl groups is 2. The summed E-state index contributed by atoms with van der Waals surface area (Å²) < 4.78 is 127. The zero-order valence-corrected chi connectivity index (χ0v) is 57.7. The number of carbonyl (C=O) groups excluding carboxylic acids is 9. The number of hydrogen-bond acceptors (Lipinski definition) is 20. The third-order valence-electron chi connectivity index (χ3n) is 13.3. The van der Waals surface area contributed by atoms with Gasteiger partial charge < -0.3 is 113 Å². The number of hydrogen-bond donors (Lipinski definition) is 22. The molecule has 0 spiro atoms. The number of nitrogens with two attached hydrogens (primary N) is 7. The molecular formula is C59H85F12N19O19. The maximum Gasteiger partial charge on any atom is 0.490 e. The average Bonchev–Trinajstić information content (AvgIpc) is 0.873. The van der Waals surface area contributed by atoms with E-state index in [0.29, 0.717) is 24.0 Å². The molecule has 614 valence electrons. The lowest BCUT2D eigenvalue weighted by molar-refractivity contribution is -0.193. The number of carbonyl (C=O) groups is 13. The molecule has 0 aromatic heterocycles. The van der Waals surface area contributed by atoms with Crippen LogP contribution in [-0.2, 0) is 70.4 Å². The number of alkyl halides is 12. The van der Waals surface area contributed by atoms with E-state index in [-0.39, 0.29) is 126 Å². The fraction of sp³-hybridized carbons (Fsp3) is 0.525. The van der Waals surface area contributed by atoms with Crippen molar-refractivity contribution in [2.45, 2.75) is 158 Å². The molecule has 1 aliphatic rings. The number of primary amides is 1. The van der Waals surface area contributed by atoms with E-state index in [0.717, 1.165) is 0 Å². The lowest BCUT2D eigenvalue weighted by Gasteiger charge is -2.28. The fourth-order valence-electron chi connectivity index (χ4n) is 8.08. The van der Waals surface area contributed by atoms with Crippen LogP contribution in [0, 0.1) is 5.92 Å². The van der Waals surface area contributed by atoms with Gasteiger partial charge in [-0.1, -0.05) is 38.1 Å². The number of carboxylic acids is 4. The molecule has 0 saturated carbocycles. The van der Waals surface area contributed by atoms with E-state index in [4.69, 9.17) is 79.7 Å². The predicted molar refractivity (Wildman–Crippen MR) is 356 cm³/mol. The number of guanidine groups is 3. The van der Waals surface area contributed by atoms with Gasteiger partial charge in [0.25, 0.3) is 0 Å². The monoisotopic (exact) mass is 1590 g/mol. The summed E-state index contributed by atoms with van der Waals surface area (Å²) >= 11 is 0. The van der Waals surface area contributed by atoms with E-state index in [1.54, 1.807) is 26.0 Å². The third-order valence-corrected chi connectivity index (χ3v) is 13.3. The van der Waals surface area contributed by atoms with E-state index < -0.39 is 151 Å². The number of phenols is 2. The molecule has 50 heteroatoms. The van der Waals surface area contributed by atoms with Crippen molar-refractivity contribution in [3.8, 4) is 11.5 Å². The number of phenolic OH excluding ortho intramolecular Hbond substituents is 2. The van der Waals surface area contributed by atoms with Crippen LogP contribution >= 0.6 is 0 Å². The Labute approximate surface area is 610 Å². The van der Waals surface area contributed by atoms with Crippen molar-refractivity contribution in [1.82, 2.24) is 47.9 Å². The normalized spacial score (nSPS) is 17.4. The van der Waals surface area contributed by atoms with Crippen LogP contribution in [0.2, 0.25) is 0 Å². The van der Waals surface area contributed by atoms with E-state index in [1.165, 1.54) is 36.4 Å². The Morgan fingerprint density at radius 3 is 1.45 bits per heavy atom. The Morgan fingerprint density at radius 1 is 0.569 bits per heavy atom. The molecule has 1 aliphatic heterocycles. The molecule has 29 N–H and O–H groups in total. The van der Waals surface area contributed by atoms with Crippen molar-refractivity contribution in [2.75, 3.05) is 32.7 Å². The van der Waals surface area contributed by atoms with Gasteiger partial charge in [0.15, 0.2) is 17.9 Å². The van der Waals surface area contributed by atoms with Crippen LogP contribution in [0.25, 0.3) is 0 Å². The first-order valence-electron chi connectivity index (χ1n) is 31.5. The summed E-state index contributed by atoms with van der Waals surface area (Å²) in [6, 6.07) is 1.33. The number of halogens is 12. The lowest BCUT2D eigenvalue weighted by atomic mass is 10.00. The van der Waals surface area contributed by atoms with Crippen LogP contribution in [0.5, 0.6) is 11.5 Å². The topological polar surface area (TPSA) is 671 Å². The smallest absolute Gasteiger partial charge is 0.490 e. The van der Waals surface area contributed by atoms with E-state index in [1.807, 2.05) is 0 Å². The van der Waals surface area contributed by atoms with Gasteiger partial charge in [-0.05, 0) is 99.1 Å². The SMILES string of the molecule is CC(C)C[C@H](NC(=O)[C@@H]1CCCN=C(N)NC(=O)NCCCCNC(=O)[C@H](N)CC(=O)N[C@@H](CCCN=C(N)N)C(=O)N[C@@H](Cc2ccc(O)cc2)C(=O)N1)C(=O)N[C@@H](CCCN=C(N)N)C(=O)N[C@@H](Cc1ccc(O)cc1)C(N)=O.O=C(O)C(F)(F)F.O=C(O)C(F)(F)F.O=C(O)C(F)(F)F.O=C(O)C(F)(F)F. The van der Waals surface area contributed by atoms with Crippen LogP contribution < -0.4 is 88.0 Å². The molecule has 109 heavy (non-hydrogen) atoms. The number of benzene rings is 2. The van der Waals surface area contributed by atoms with Gasteiger partial charge in [-0.3, -0.25) is 58.7 Å². The molecule has 1 heterocycles. The number of aliphatic imine (C=N–C) groups is 3. The van der Waals surface area contributed by atoms with Crippen molar-refractivity contribution in [1.29, 1.82) is 0 Å². The maximum atomic E-state index is 14.7. The van der Waals surface area contributed by atoms with Gasteiger partial charge in [0.05, 0.1) is 12.5 Å². The minimum absolute atomic E-state index is 0.00526. The van der Waals surface area contributed by atoms with E-state index in [2.05, 4.69) is 62.8 Å². The maximum absolute atomic E-state index is 14.7. The second-order valence-corrected chi connectivity index (χ2v) is 22.9. The quantitative estimate of drug-likeness (QED) is 0.0278. The summed E-state index contributed by atoms with van der Waals surface area (Å²) in [5.41, 5.74) is 40.8. The highest BCUT2D eigenvalue weighted by Gasteiger charge is 2.41. The largest absolute Gasteiger partial charge is 0.508 e. The van der Waals surface area contributed by atoms with Crippen LogP contribution in [0.4, 0.5) is 57.5 Å². The molecule has 0 aliphatic carbocycles. The van der Waals surface area contributed by atoms with Crippen molar-refractivity contribution in [3.05, 3.63) is 59.7 Å². The Morgan fingerprint density at radius 2 is 1.00 bits per heavy atom. The van der Waals surface area contributed by atoms with Crippen molar-refractivity contribution in [3.63, 3.8) is 0 Å².